The van der Waals surface area contributed by atoms with Gasteiger partial charge in [0.2, 0.25) is 0 Å². The smallest absolute Gasteiger partial charge is 0.119 e. The van der Waals surface area contributed by atoms with Crippen LogP contribution in [0.1, 0.15) is 30.6 Å². The van der Waals surface area contributed by atoms with Gasteiger partial charge < -0.3 is 10.1 Å². The maximum atomic E-state index is 5.58. The first kappa shape index (κ1) is 13.1. The monoisotopic (exact) mass is 262 g/mol. The second-order valence-corrected chi connectivity index (χ2v) is 4.77. The summed E-state index contributed by atoms with van der Waals surface area (Å²) in [5.74, 6) is 0.925. The highest BCUT2D eigenvalue weighted by Crippen LogP contribution is 2.23. The molecule has 96 valence electrons. The van der Waals surface area contributed by atoms with E-state index in [1.807, 2.05) is 24.7 Å². The standard InChI is InChI=1S/C14H18N2OS/c1-3-8-17-12-6-4-11(5-7-12)14(15-2)13-9-18-10-16-13/h4-7,9-10,14-15H,3,8H2,1-2H3. The van der Waals surface area contributed by atoms with E-state index < -0.39 is 0 Å². The molecule has 1 N–H and O–H groups in total. The van der Waals surface area contributed by atoms with Gasteiger partial charge in [0.15, 0.2) is 0 Å². The lowest BCUT2D eigenvalue weighted by Crippen LogP contribution is -2.17. The van der Waals surface area contributed by atoms with E-state index in [2.05, 4.69) is 34.7 Å². The van der Waals surface area contributed by atoms with Crippen molar-refractivity contribution in [1.29, 1.82) is 0 Å². The topological polar surface area (TPSA) is 34.1 Å². The number of nitrogens with one attached hydrogen (secondary N) is 1. The number of hydrogen-bond donors (Lipinski definition) is 1. The quantitative estimate of drug-likeness (QED) is 0.867. The molecule has 4 heteroatoms. The zero-order valence-corrected chi connectivity index (χ0v) is 11.5. The summed E-state index contributed by atoms with van der Waals surface area (Å²) in [7, 11) is 1.95. The van der Waals surface area contributed by atoms with Crippen LogP contribution in [0.5, 0.6) is 5.75 Å². The van der Waals surface area contributed by atoms with Gasteiger partial charge in [-0.05, 0) is 31.2 Å². The third-order valence-electron chi connectivity index (χ3n) is 2.72. The normalized spacial score (nSPS) is 12.3. The fourth-order valence-electron chi connectivity index (χ4n) is 1.83. The highest BCUT2D eigenvalue weighted by molar-refractivity contribution is 7.07. The summed E-state index contributed by atoms with van der Waals surface area (Å²) in [6, 6.07) is 8.36. The SMILES string of the molecule is CCCOc1ccc(C(NC)c2cscn2)cc1. The first-order chi connectivity index (χ1) is 8.85. The first-order valence-corrected chi connectivity index (χ1v) is 7.07. The van der Waals surface area contributed by atoms with Crippen LogP contribution in [0.4, 0.5) is 0 Å². The van der Waals surface area contributed by atoms with Crippen molar-refractivity contribution in [1.82, 2.24) is 10.3 Å². The van der Waals surface area contributed by atoms with E-state index in [-0.39, 0.29) is 6.04 Å². The molecule has 0 radical (unpaired) electrons. The van der Waals surface area contributed by atoms with Crippen LogP contribution in [-0.2, 0) is 0 Å². The van der Waals surface area contributed by atoms with E-state index in [0.29, 0.717) is 0 Å². The van der Waals surface area contributed by atoms with E-state index in [4.69, 9.17) is 4.74 Å². The molecule has 0 spiro atoms. The lowest BCUT2D eigenvalue weighted by molar-refractivity contribution is 0.317. The molecule has 2 rings (SSSR count). The van der Waals surface area contributed by atoms with Crippen molar-refractivity contribution in [2.45, 2.75) is 19.4 Å². The Hall–Kier alpha value is -1.39. The van der Waals surface area contributed by atoms with E-state index in [9.17, 15) is 0 Å². The van der Waals surface area contributed by atoms with Crippen molar-refractivity contribution in [2.24, 2.45) is 0 Å². The predicted octanol–water partition coefficient (Wildman–Crippen LogP) is 3.24. The molecule has 1 heterocycles. The van der Waals surface area contributed by atoms with Gasteiger partial charge in [-0.15, -0.1) is 11.3 Å². The molecule has 1 atom stereocenters. The molecule has 1 unspecified atom stereocenters. The molecule has 0 aliphatic heterocycles. The molecule has 0 saturated heterocycles. The molecule has 1 aromatic carbocycles. The Balaban J connectivity index is 2.12. The number of hydrogen-bond acceptors (Lipinski definition) is 4. The summed E-state index contributed by atoms with van der Waals surface area (Å²) in [5.41, 5.74) is 4.12. The summed E-state index contributed by atoms with van der Waals surface area (Å²) in [6.45, 7) is 2.87. The van der Waals surface area contributed by atoms with Gasteiger partial charge in [0.1, 0.15) is 5.75 Å². The Morgan fingerprint density at radius 3 is 2.67 bits per heavy atom. The number of nitrogens with zero attached hydrogens (tertiary/aromatic N) is 1. The van der Waals surface area contributed by atoms with E-state index in [1.165, 1.54) is 5.56 Å². The maximum absolute atomic E-state index is 5.58. The first-order valence-electron chi connectivity index (χ1n) is 6.13. The lowest BCUT2D eigenvalue weighted by atomic mass is 10.0. The third kappa shape index (κ3) is 3.09. The minimum absolute atomic E-state index is 0.150. The summed E-state index contributed by atoms with van der Waals surface area (Å²) < 4.78 is 5.58. The Labute approximate surface area is 112 Å². The van der Waals surface area contributed by atoms with Gasteiger partial charge in [0, 0.05) is 5.38 Å². The highest BCUT2D eigenvalue weighted by atomic mass is 32.1. The number of thiazole rings is 1. The number of ether oxygens (including phenoxy) is 1. The summed E-state index contributed by atoms with van der Waals surface area (Å²) in [6.07, 6.45) is 1.03. The van der Waals surface area contributed by atoms with E-state index >= 15 is 0 Å². The van der Waals surface area contributed by atoms with Crippen molar-refractivity contribution in [2.75, 3.05) is 13.7 Å². The summed E-state index contributed by atoms with van der Waals surface area (Å²) in [5, 5.41) is 5.36. The zero-order chi connectivity index (χ0) is 12.8. The van der Waals surface area contributed by atoms with Gasteiger partial charge >= 0.3 is 0 Å². The lowest BCUT2D eigenvalue weighted by Gasteiger charge is -2.15. The Kier molecular flexibility index (Phi) is 4.73. The van der Waals surface area contributed by atoms with Crippen molar-refractivity contribution < 1.29 is 4.74 Å². The molecular weight excluding hydrogens is 244 g/mol. The van der Waals surface area contributed by atoms with Crippen molar-refractivity contribution in [3.05, 3.63) is 46.4 Å². The molecule has 0 amide bonds. The average Bonchev–Trinajstić information content (AvgIpc) is 2.93. The summed E-state index contributed by atoms with van der Waals surface area (Å²) in [4.78, 5) is 4.36. The number of benzene rings is 1. The molecule has 2 aromatic rings. The number of aromatic nitrogens is 1. The molecule has 18 heavy (non-hydrogen) atoms. The van der Waals surface area contributed by atoms with E-state index in [1.54, 1.807) is 11.3 Å². The Morgan fingerprint density at radius 2 is 2.11 bits per heavy atom. The van der Waals surface area contributed by atoms with Crippen molar-refractivity contribution >= 4 is 11.3 Å². The third-order valence-corrected chi connectivity index (χ3v) is 3.33. The Morgan fingerprint density at radius 1 is 1.33 bits per heavy atom. The van der Waals surface area contributed by atoms with Crippen LogP contribution in [0.25, 0.3) is 0 Å². The molecular formula is C14H18N2OS. The molecule has 0 saturated carbocycles. The van der Waals surface area contributed by atoms with Crippen LogP contribution in [-0.4, -0.2) is 18.6 Å². The molecule has 0 aliphatic rings. The predicted molar refractivity (Wildman–Crippen MR) is 75.2 cm³/mol. The largest absolute Gasteiger partial charge is 0.494 e. The van der Waals surface area contributed by atoms with Crippen LogP contribution in [0.2, 0.25) is 0 Å². The Bertz CT molecular complexity index is 453. The molecule has 0 fully saturated rings. The van der Waals surface area contributed by atoms with Crippen LogP contribution in [0.15, 0.2) is 35.2 Å². The van der Waals surface area contributed by atoms with Gasteiger partial charge in [-0.2, -0.15) is 0 Å². The minimum Gasteiger partial charge on any atom is -0.494 e. The minimum atomic E-state index is 0.150. The van der Waals surface area contributed by atoms with Gasteiger partial charge in [-0.3, -0.25) is 0 Å². The van der Waals surface area contributed by atoms with Gasteiger partial charge in [0.25, 0.3) is 0 Å². The van der Waals surface area contributed by atoms with Crippen molar-refractivity contribution in [3.63, 3.8) is 0 Å². The highest BCUT2D eigenvalue weighted by Gasteiger charge is 2.13. The van der Waals surface area contributed by atoms with Crippen LogP contribution in [0, 0.1) is 0 Å². The van der Waals surface area contributed by atoms with Crippen LogP contribution >= 0.6 is 11.3 Å². The van der Waals surface area contributed by atoms with Crippen LogP contribution in [0.3, 0.4) is 0 Å². The van der Waals surface area contributed by atoms with E-state index in [0.717, 1.165) is 24.5 Å². The van der Waals surface area contributed by atoms with Gasteiger partial charge in [0.05, 0.1) is 23.9 Å². The molecule has 0 aliphatic carbocycles. The fourth-order valence-corrected chi connectivity index (χ4v) is 2.41. The maximum Gasteiger partial charge on any atom is 0.119 e. The second-order valence-electron chi connectivity index (χ2n) is 4.05. The summed E-state index contributed by atoms with van der Waals surface area (Å²) >= 11 is 1.62. The molecule has 3 nitrogen and oxygen atoms in total. The van der Waals surface area contributed by atoms with Crippen molar-refractivity contribution in [3.8, 4) is 5.75 Å². The zero-order valence-electron chi connectivity index (χ0n) is 10.7. The molecule has 1 aromatic heterocycles. The number of rotatable bonds is 6. The molecule has 0 bridgehead atoms. The second kappa shape index (κ2) is 6.52. The van der Waals surface area contributed by atoms with Gasteiger partial charge in [-0.1, -0.05) is 19.1 Å². The fraction of sp³-hybridized carbons (Fsp3) is 0.357. The van der Waals surface area contributed by atoms with Crippen LogP contribution < -0.4 is 10.1 Å². The van der Waals surface area contributed by atoms with Gasteiger partial charge in [-0.25, -0.2) is 4.98 Å². The average molecular weight is 262 g/mol.